The van der Waals surface area contributed by atoms with Crippen LogP contribution in [0.1, 0.15) is 37.7 Å². The zero-order chi connectivity index (χ0) is 11.7. The lowest BCUT2D eigenvalue weighted by Gasteiger charge is -2.35. The van der Waals surface area contributed by atoms with Gasteiger partial charge in [-0.3, -0.25) is 0 Å². The van der Waals surface area contributed by atoms with Crippen LogP contribution in [0.15, 0.2) is 18.2 Å². The normalized spacial score (nSPS) is 22.2. The molecule has 1 aliphatic heterocycles. The fourth-order valence-corrected chi connectivity index (χ4v) is 2.85. The molecule has 1 saturated carbocycles. The van der Waals surface area contributed by atoms with Gasteiger partial charge in [0, 0.05) is 5.56 Å². The van der Waals surface area contributed by atoms with Crippen LogP contribution in [0.2, 0.25) is 0 Å². The summed E-state index contributed by atoms with van der Waals surface area (Å²) in [7, 11) is 0. The van der Waals surface area contributed by atoms with Crippen LogP contribution in [0.5, 0.6) is 11.5 Å². The van der Waals surface area contributed by atoms with E-state index >= 15 is 0 Å². The highest BCUT2D eigenvalue weighted by Gasteiger charge is 2.35. The molecule has 0 saturated heterocycles. The van der Waals surface area contributed by atoms with E-state index in [-0.39, 0.29) is 0 Å². The first-order valence-electron chi connectivity index (χ1n) is 6.41. The molecule has 3 heteroatoms. The van der Waals surface area contributed by atoms with Crippen molar-refractivity contribution < 1.29 is 14.6 Å². The summed E-state index contributed by atoms with van der Waals surface area (Å²) in [6.45, 7) is 1.16. The molecule has 1 fully saturated rings. The number of aliphatic hydroxyl groups is 1. The molecule has 1 N–H and O–H groups in total. The van der Waals surface area contributed by atoms with E-state index in [1.165, 1.54) is 6.42 Å². The van der Waals surface area contributed by atoms with Gasteiger partial charge >= 0.3 is 0 Å². The van der Waals surface area contributed by atoms with Gasteiger partial charge < -0.3 is 14.6 Å². The number of benzene rings is 1. The van der Waals surface area contributed by atoms with Gasteiger partial charge in [0.05, 0.1) is 5.60 Å². The molecule has 3 nitrogen and oxygen atoms in total. The molecule has 0 unspecified atom stereocenters. The molecule has 0 bridgehead atoms. The summed E-state index contributed by atoms with van der Waals surface area (Å²) in [6.07, 6.45) is 5.04. The lowest BCUT2D eigenvalue weighted by molar-refractivity contribution is -0.00463. The third-order valence-corrected chi connectivity index (χ3v) is 3.75. The standard InChI is InChI=1S/C14H18O3/c15-14(7-2-1-3-8-14)11-5-4-6-12-13(11)17-10-9-16-12/h4-6,15H,1-3,7-10H2. The minimum atomic E-state index is -0.718. The van der Waals surface area contributed by atoms with Crippen molar-refractivity contribution in [3.63, 3.8) is 0 Å². The minimum Gasteiger partial charge on any atom is -0.486 e. The van der Waals surface area contributed by atoms with Gasteiger partial charge in [-0.05, 0) is 18.9 Å². The number of hydrogen-bond donors (Lipinski definition) is 1. The first-order valence-corrected chi connectivity index (χ1v) is 6.41. The van der Waals surface area contributed by atoms with E-state index in [0.29, 0.717) is 13.2 Å². The lowest BCUT2D eigenvalue weighted by Crippen LogP contribution is -2.30. The van der Waals surface area contributed by atoms with Crippen LogP contribution >= 0.6 is 0 Å². The van der Waals surface area contributed by atoms with Crippen LogP contribution in [-0.2, 0) is 5.60 Å². The molecule has 1 aromatic rings. The van der Waals surface area contributed by atoms with Gasteiger partial charge in [0.2, 0.25) is 0 Å². The lowest BCUT2D eigenvalue weighted by atomic mass is 9.79. The van der Waals surface area contributed by atoms with Gasteiger partial charge in [0.15, 0.2) is 11.5 Å². The molecule has 0 amide bonds. The molecule has 3 rings (SSSR count). The van der Waals surface area contributed by atoms with E-state index in [9.17, 15) is 5.11 Å². The molecule has 1 aliphatic carbocycles. The number of para-hydroxylation sites is 1. The Kier molecular flexibility index (Phi) is 2.71. The second-order valence-electron chi connectivity index (χ2n) is 4.92. The van der Waals surface area contributed by atoms with Crippen molar-refractivity contribution in [2.75, 3.05) is 13.2 Å². The molecule has 2 aliphatic rings. The average molecular weight is 234 g/mol. The Morgan fingerprint density at radius 3 is 2.59 bits per heavy atom. The van der Waals surface area contributed by atoms with Gasteiger partial charge in [0.25, 0.3) is 0 Å². The van der Waals surface area contributed by atoms with E-state index in [2.05, 4.69) is 0 Å². The number of rotatable bonds is 1. The molecule has 0 aromatic heterocycles. The summed E-state index contributed by atoms with van der Waals surface area (Å²) < 4.78 is 11.3. The molecular formula is C14H18O3. The molecule has 1 heterocycles. The SMILES string of the molecule is OC1(c2cccc3c2OCCO3)CCCCC1. The highest BCUT2D eigenvalue weighted by Crippen LogP contribution is 2.45. The molecule has 0 radical (unpaired) electrons. The zero-order valence-corrected chi connectivity index (χ0v) is 9.95. The highest BCUT2D eigenvalue weighted by molar-refractivity contribution is 5.50. The van der Waals surface area contributed by atoms with Crippen molar-refractivity contribution in [1.82, 2.24) is 0 Å². The number of ether oxygens (including phenoxy) is 2. The maximum atomic E-state index is 10.8. The number of hydrogen-bond acceptors (Lipinski definition) is 3. The van der Waals surface area contributed by atoms with Gasteiger partial charge in [-0.2, -0.15) is 0 Å². The summed E-state index contributed by atoms with van der Waals surface area (Å²) in [4.78, 5) is 0. The van der Waals surface area contributed by atoms with Crippen molar-refractivity contribution in [2.45, 2.75) is 37.7 Å². The van der Waals surface area contributed by atoms with E-state index < -0.39 is 5.60 Å². The first-order chi connectivity index (χ1) is 8.30. The molecule has 17 heavy (non-hydrogen) atoms. The third-order valence-electron chi connectivity index (χ3n) is 3.75. The fourth-order valence-electron chi connectivity index (χ4n) is 2.85. The van der Waals surface area contributed by atoms with Crippen LogP contribution in [0.25, 0.3) is 0 Å². The van der Waals surface area contributed by atoms with Crippen LogP contribution in [0.3, 0.4) is 0 Å². The largest absolute Gasteiger partial charge is 0.486 e. The second-order valence-corrected chi connectivity index (χ2v) is 4.92. The Balaban J connectivity index is 2.01. The third kappa shape index (κ3) is 1.89. The fraction of sp³-hybridized carbons (Fsp3) is 0.571. The molecule has 0 spiro atoms. The molecular weight excluding hydrogens is 216 g/mol. The molecule has 92 valence electrons. The molecule has 0 atom stereocenters. The Morgan fingerprint density at radius 2 is 1.76 bits per heavy atom. The summed E-state index contributed by atoms with van der Waals surface area (Å²) in [6, 6.07) is 5.82. The van der Waals surface area contributed by atoms with Crippen LogP contribution < -0.4 is 9.47 Å². The Bertz CT molecular complexity index is 408. The van der Waals surface area contributed by atoms with Crippen molar-refractivity contribution in [3.8, 4) is 11.5 Å². The Labute approximate surface area is 101 Å². The van der Waals surface area contributed by atoms with E-state index in [1.807, 2.05) is 18.2 Å². The summed E-state index contributed by atoms with van der Waals surface area (Å²) in [5.41, 5.74) is 0.194. The van der Waals surface area contributed by atoms with Gasteiger partial charge in [-0.1, -0.05) is 31.4 Å². The van der Waals surface area contributed by atoms with Crippen LogP contribution in [0, 0.1) is 0 Å². The summed E-state index contributed by atoms with van der Waals surface area (Å²) in [5, 5.41) is 10.8. The maximum absolute atomic E-state index is 10.8. The van der Waals surface area contributed by atoms with Crippen LogP contribution in [0.4, 0.5) is 0 Å². The van der Waals surface area contributed by atoms with Gasteiger partial charge in [-0.15, -0.1) is 0 Å². The Morgan fingerprint density at radius 1 is 1.00 bits per heavy atom. The maximum Gasteiger partial charge on any atom is 0.167 e. The van der Waals surface area contributed by atoms with Crippen molar-refractivity contribution >= 4 is 0 Å². The van der Waals surface area contributed by atoms with Gasteiger partial charge in [-0.25, -0.2) is 0 Å². The monoisotopic (exact) mass is 234 g/mol. The summed E-state index contributed by atoms with van der Waals surface area (Å²) >= 11 is 0. The average Bonchev–Trinajstić information content (AvgIpc) is 2.39. The van der Waals surface area contributed by atoms with Crippen molar-refractivity contribution in [3.05, 3.63) is 23.8 Å². The number of fused-ring (bicyclic) bond motifs is 1. The Hall–Kier alpha value is -1.22. The van der Waals surface area contributed by atoms with Crippen LogP contribution in [-0.4, -0.2) is 18.3 Å². The van der Waals surface area contributed by atoms with E-state index in [4.69, 9.17) is 9.47 Å². The van der Waals surface area contributed by atoms with Gasteiger partial charge in [0.1, 0.15) is 13.2 Å². The topological polar surface area (TPSA) is 38.7 Å². The predicted octanol–water partition coefficient (Wildman–Crippen LogP) is 2.61. The molecule has 1 aromatic carbocycles. The highest BCUT2D eigenvalue weighted by atomic mass is 16.6. The summed E-state index contributed by atoms with van der Waals surface area (Å²) in [5.74, 6) is 1.52. The van der Waals surface area contributed by atoms with Crippen molar-refractivity contribution in [2.24, 2.45) is 0 Å². The zero-order valence-electron chi connectivity index (χ0n) is 9.95. The second kappa shape index (κ2) is 4.22. The smallest absolute Gasteiger partial charge is 0.167 e. The first kappa shape index (κ1) is 10.9. The van der Waals surface area contributed by atoms with Crippen molar-refractivity contribution in [1.29, 1.82) is 0 Å². The van der Waals surface area contributed by atoms with E-state index in [1.54, 1.807) is 0 Å². The predicted molar refractivity (Wildman–Crippen MR) is 64.4 cm³/mol. The van der Waals surface area contributed by atoms with E-state index in [0.717, 1.165) is 42.7 Å². The minimum absolute atomic E-state index is 0.570. The quantitative estimate of drug-likeness (QED) is 0.811.